The summed E-state index contributed by atoms with van der Waals surface area (Å²) in [5.41, 5.74) is 7.06. The van der Waals surface area contributed by atoms with Crippen LogP contribution in [-0.2, 0) is 0 Å². The topological polar surface area (TPSA) is 43.3 Å². The summed E-state index contributed by atoms with van der Waals surface area (Å²) in [5, 5.41) is 4.24. The van der Waals surface area contributed by atoms with E-state index in [9.17, 15) is 0 Å². The number of rotatable bonds is 4. The number of hydrazone groups is 1. The molecule has 0 bridgehead atoms. The molecule has 0 radical (unpaired) electrons. The normalized spacial score (nSPS) is 20.1. The molecule has 0 aromatic heterocycles. The van der Waals surface area contributed by atoms with Gasteiger partial charge in [-0.15, -0.1) is 0 Å². The molecule has 140 valence electrons. The summed E-state index contributed by atoms with van der Waals surface area (Å²) in [6, 6.07) is 17.2. The van der Waals surface area contributed by atoms with Crippen molar-refractivity contribution in [3.63, 3.8) is 0 Å². The predicted molar refractivity (Wildman–Crippen MR) is 110 cm³/mol. The summed E-state index contributed by atoms with van der Waals surface area (Å²) >= 11 is 0. The van der Waals surface area contributed by atoms with Gasteiger partial charge in [0, 0.05) is 43.2 Å². The maximum atomic E-state index is 5.25. The molecule has 0 unspecified atom stereocenters. The molecule has 1 saturated carbocycles. The summed E-state index contributed by atoms with van der Waals surface area (Å²) in [5.74, 6) is 0.906. The second-order valence-electron chi connectivity index (χ2n) is 7.45. The molecule has 3 aliphatic rings. The highest BCUT2D eigenvalue weighted by molar-refractivity contribution is 5.84. The molecular formula is C21H25N5O. The van der Waals surface area contributed by atoms with Crippen LogP contribution in [0.2, 0.25) is 0 Å². The minimum atomic E-state index is 0.0610. The lowest BCUT2D eigenvalue weighted by Crippen LogP contribution is -2.46. The zero-order valence-electron chi connectivity index (χ0n) is 15.6. The molecule has 1 aliphatic carbocycles. The smallest absolute Gasteiger partial charge is 0.132 e. The Kier molecular flexibility index (Phi) is 3.85. The number of hydrogen-bond donors (Lipinski definition) is 1. The van der Waals surface area contributed by atoms with Gasteiger partial charge in [-0.05, 0) is 61.4 Å². The van der Waals surface area contributed by atoms with E-state index in [2.05, 4.69) is 61.6 Å². The predicted octanol–water partition coefficient (Wildman–Crippen LogP) is 2.86. The Morgan fingerprint density at radius 1 is 0.815 bits per heavy atom. The minimum absolute atomic E-state index is 0.0610. The summed E-state index contributed by atoms with van der Waals surface area (Å²) in [6.07, 6.45) is 4.22. The van der Waals surface area contributed by atoms with E-state index in [4.69, 9.17) is 4.74 Å². The van der Waals surface area contributed by atoms with Crippen molar-refractivity contribution >= 4 is 23.4 Å². The number of anilines is 3. The van der Waals surface area contributed by atoms with E-state index in [1.54, 1.807) is 7.11 Å². The first-order chi connectivity index (χ1) is 13.3. The van der Waals surface area contributed by atoms with Crippen molar-refractivity contribution in [3.8, 4) is 5.75 Å². The van der Waals surface area contributed by atoms with Crippen molar-refractivity contribution in [2.45, 2.75) is 18.5 Å². The van der Waals surface area contributed by atoms with E-state index < -0.39 is 0 Å². The first-order valence-electron chi connectivity index (χ1n) is 9.61. The molecule has 1 spiro atoms. The lowest BCUT2D eigenvalue weighted by Gasteiger charge is -2.37. The maximum Gasteiger partial charge on any atom is 0.132 e. The van der Waals surface area contributed by atoms with E-state index in [1.165, 1.54) is 17.1 Å². The largest absolute Gasteiger partial charge is 0.497 e. The summed E-state index contributed by atoms with van der Waals surface area (Å²) in [4.78, 5) is 7.17. The fraction of sp³-hybridized carbons (Fsp3) is 0.381. The van der Waals surface area contributed by atoms with Gasteiger partial charge >= 0.3 is 0 Å². The van der Waals surface area contributed by atoms with Crippen LogP contribution in [0, 0.1) is 0 Å². The Morgan fingerprint density at radius 2 is 1.33 bits per heavy atom. The second kappa shape index (κ2) is 6.37. The van der Waals surface area contributed by atoms with Crippen LogP contribution in [0.15, 0.2) is 53.6 Å². The molecule has 6 heteroatoms. The van der Waals surface area contributed by atoms with E-state index >= 15 is 0 Å². The van der Waals surface area contributed by atoms with Gasteiger partial charge in [0.25, 0.3) is 0 Å². The summed E-state index contributed by atoms with van der Waals surface area (Å²) < 4.78 is 5.25. The lowest BCUT2D eigenvalue weighted by atomic mass is 10.2. The van der Waals surface area contributed by atoms with Crippen LogP contribution in [-0.4, -0.2) is 45.3 Å². The number of nitrogens with one attached hydrogen (secondary N) is 1. The van der Waals surface area contributed by atoms with Crippen molar-refractivity contribution in [2.24, 2.45) is 5.10 Å². The molecule has 27 heavy (non-hydrogen) atoms. The van der Waals surface area contributed by atoms with E-state index in [0.717, 1.165) is 44.8 Å². The van der Waals surface area contributed by atoms with E-state index in [-0.39, 0.29) is 5.66 Å². The highest BCUT2D eigenvalue weighted by Gasteiger charge is 2.50. The number of ether oxygens (including phenoxy) is 1. The van der Waals surface area contributed by atoms with Crippen molar-refractivity contribution in [2.75, 3.05) is 48.0 Å². The van der Waals surface area contributed by atoms with E-state index in [0.29, 0.717) is 0 Å². The van der Waals surface area contributed by atoms with Gasteiger partial charge in [-0.1, -0.05) is 0 Å². The third kappa shape index (κ3) is 2.95. The third-order valence-electron chi connectivity index (χ3n) is 5.84. The van der Waals surface area contributed by atoms with Gasteiger partial charge < -0.3 is 19.4 Å². The van der Waals surface area contributed by atoms with Crippen LogP contribution in [0.25, 0.3) is 0 Å². The Hall–Kier alpha value is -2.89. The molecule has 2 aromatic carbocycles. The number of piperazine rings is 1. The molecular weight excluding hydrogens is 338 g/mol. The monoisotopic (exact) mass is 363 g/mol. The molecule has 1 N–H and O–H groups in total. The second-order valence-corrected chi connectivity index (χ2v) is 7.45. The molecule has 2 heterocycles. The molecule has 2 fully saturated rings. The molecule has 0 amide bonds. The average Bonchev–Trinajstić information content (AvgIpc) is 3.39. The first kappa shape index (κ1) is 16.3. The number of methoxy groups -OCH3 is 1. The molecule has 2 aromatic rings. The van der Waals surface area contributed by atoms with Crippen LogP contribution in [0.1, 0.15) is 12.8 Å². The van der Waals surface area contributed by atoms with Gasteiger partial charge in [-0.3, -0.25) is 5.43 Å². The number of hydrogen-bond acceptors (Lipinski definition) is 6. The highest BCUT2D eigenvalue weighted by atomic mass is 16.5. The molecule has 2 aliphatic heterocycles. The Bertz CT molecular complexity index is 821. The Morgan fingerprint density at radius 3 is 1.85 bits per heavy atom. The highest BCUT2D eigenvalue weighted by Crippen LogP contribution is 2.43. The summed E-state index contributed by atoms with van der Waals surface area (Å²) in [6.45, 7) is 4.11. The van der Waals surface area contributed by atoms with Crippen molar-refractivity contribution in [3.05, 3.63) is 48.5 Å². The van der Waals surface area contributed by atoms with Crippen molar-refractivity contribution in [1.82, 2.24) is 5.43 Å². The first-order valence-corrected chi connectivity index (χ1v) is 9.61. The minimum Gasteiger partial charge on any atom is -0.497 e. The number of nitrogens with zero attached hydrogens (tertiary/aromatic N) is 4. The third-order valence-corrected chi connectivity index (χ3v) is 5.84. The molecule has 5 rings (SSSR count). The van der Waals surface area contributed by atoms with Crippen molar-refractivity contribution in [1.29, 1.82) is 0 Å². The summed E-state index contributed by atoms with van der Waals surface area (Å²) in [7, 11) is 1.70. The van der Waals surface area contributed by atoms with Crippen LogP contribution in [0.4, 0.5) is 17.1 Å². The quantitative estimate of drug-likeness (QED) is 0.905. The van der Waals surface area contributed by atoms with Crippen LogP contribution >= 0.6 is 0 Å². The number of benzene rings is 2. The fourth-order valence-electron chi connectivity index (χ4n) is 4.00. The zero-order chi connectivity index (χ0) is 18.3. The van der Waals surface area contributed by atoms with Gasteiger partial charge in [0.2, 0.25) is 0 Å². The average molecular weight is 363 g/mol. The standard InChI is InChI=1S/C21H25N5O/c1-27-20-8-6-18(7-9-20)25-14-12-24(13-15-25)17-2-4-19(5-3-17)26-16-22-23-21(26)10-11-21/h2-9,16,23H,10-15H2,1H3. The van der Waals surface area contributed by atoms with Gasteiger partial charge in [0.15, 0.2) is 0 Å². The fourth-order valence-corrected chi connectivity index (χ4v) is 4.00. The molecule has 1 saturated heterocycles. The zero-order valence-corrected chi connectivity index (χ0v) is 15.6. The van der Waals surface area contributed by atoms with Gasteiger partial charge in [-0.2, -0.15) is 5.10 Å². The lowest BCUT2D eigenvalue weighted by molar-refractivity contribution is 0.415. The molecule has 6 nitrogen and oxygen atoms in total. The Balaban J connectivity index is 1.22. The van der Waals surface area contributed by atoms with Crippen LogP contribution in [0.5, 0.6) is 5.75 Å². The van der Waals surface area contributed by atoms with Gasteiger partial charge in [-0.25, -0.2) is 0 Å². The Labute approximate surface area is 160 Å². The van der Waals surface area contributed by atoms with Crippen LogP contribution in [0.3, 0.4) is 0 Å². The van der Waals surface area contributed by atoms with Gasteiger partial charge in [0.1, 0.15) is 17.8 Å². The van der Waals surface area contributed by atoms with Crippen LogP contribution < -0.4 is 24.9 Å². The maximum absolute atomic E-state index is 5.25. The van der Waals surface area contributed by atoms with Gasteiger partial charge in [0.05, 0.1) is 7.11 Å². The molecule has 0 atom stereocenters. The SMILES string of the molecule is COc1ccc(N2CCN(c3ccc(N4C=NNC45CC5)cc3)CC2)cc1. The van der Waals surface area contributed by atoms with Crippen molar-refractivity contribution < 1.29 is 4.74 Å². The van der Waals surface area contributed by atoms with E-state index in [1.807, 2.05) is 18.5 Å².